The Morgan fingerprint density at radius 2 is 1.79 bits per heavy atom. The number of aliphatic hydroxyl groups is 1. The molecule has 5 rings (SSSR count). The molecule has 2 aromatic rings. The molecular formula is C27H33N5O7. The first kappa shape index (κ1) is 27.1. The highest BCUT2D eigenvalue weighted by molar-refractivity contribution is 6.32. The molecule has 39 heavy (non-hydrogen) atoms. The van der Waals surface area contributed by atoms with Crippen LogP contribution in [0.15, 0.2) is 10.5 Å². The molecule has 3 aliphatic carbocycles. The van der Waals surface area contributed by atoms with E-state index in [0.717, 1.165) is 5.69 Å². The molecule has 0 spiro atoms. The van der Waals surface area contributed by atoms with Gasteiger partial charge in [0.2, 0.25) is 11.8 Å². The summed E-state index contributed by atoms with van der Waals surface area (Å²) < 4.78 is 6.02. The molecule has 0 radical (unpaired) electrons. The number of carbonyl (C=O) groups is 5. The number of carbonyl (C=O) groups excluding carboxylic acids is 5. The van der Waals surface area contributed by atoms with Gasteiger partial charge in [-0.3, -0.25) is 28.9 Å². The third-order valence-electron chi connectivity index (χ3n) is 8.40. The minimum absolute atomic E-state index is 0.0527. The van der Waals surface area contributed by atoms with Gasteiger partial charge >= 0.3 is 0 Å². The van der Waals surface area contributed by atoms with E-state index in [0.29, 0.717) is 29.9 Å². The normalized spacial score (nSPS) is 30.5. The van der Waals surface area contributed by atoms with E-state index in [2.05, 4.69) is 4.98 Å². The van der Waals surface area contributed by atoms with Crippen LogP contribution in [0.25, 0.3) is 11.1 Å². The van der Waals surface area contributed by atoms with Gasteiger partial charge in [0.05, 0.1) is 24.1 Å². The highest BCUT2D eigenvalue weighted by Gasteiger charge is 2.69. The number of amides is 1. The molecule has 208 valence electrons. The minimum Gasteiger partial charge on any atom is -0.438 e. The SMILES string of the molecule is CN(C)Cc1nc2cc(N(C)C)c3c(c2o1)C(=O)C1C(=O)[C@]2(O)C(=O)C(C(N)=O)C(=O)[C@@H](N(C)C)[C@@H]2C[C@@H]1C3. The standard InChI is InChI=1S/C27H33N5O7/c1-30(2)10-16-29-14-9-15(31(3)4)12-7-11-8-13-20(32(5)6)22(34)19(26(28)37)25(36)27(13,38)24(35)17(11)21(33)18(12)23(14)39-16/h9,11,13,17,19-20,38H,7-8,10H2,1-6H3,(H2,28,37)/t11-,13-,17?,19?,20-,27-/m0/s1. The lowest BCUT2D eigenvalue weighted by Gasteiger charge is -2.52. The van der Waals surface area contributed by atoms with Gasteiger partial charge in [-0.1, -0.05) is 0 Å². The highest BCUT2D eigenvalue weighted by Crippen LogP contribution is 2.51. The number of hydrogen-bond donors (Lipinski definition) is 2. The van der Waals surface area contributed by atoms with Crippen molar-refractivity contribution in [1.82, 2.24) is 14.8 Å². The van der Waals surface area contributed by atoms with Gasteiger partial charge in [0.25, 0.3) is 0 Å². The Kier molecular flexibility index (Phi) is 6.28. The number of rotatable bonds is 5. The lowest BCUT2D eigenvalue weighted by molar-refractivity contribution is -0.181. The minimum atomic E-state index is -2.70. The fourth-order valence-electron chi connectivity index (χ4n) is 6.82. The number of benzene rings is 1. The van der Waals surface area contributed by atoms with Crippen LogP contribution in [0, 0.1) is 23.7 Å². The molecule has 0 saturated heterocycles. The first-order valence-corrected chi connectivity index (χ1v) is 12.8. The average molecular weight is 540 g/mol. The second-order valence-corrected chi connectivity index (χ2v) is 11.6. The molecule has 12 nitrogen and oxygen atoms in total. The van der Waals surface area contributed by atoms with E-state index in [1.807, 2.05) is 44.1 Å². The molecule has 1 heterocycles. The Morgan fingerprint density at radius 3 is 2.36 bits per heavy atom. The van der Waals surface area contributed by atoms with Gasteiger partial charge in [0, 0.05) is 25.7 Å². The maximum atomic E-state index is 14.2. The molecule has 2 saturated carbocycles. The number of primary amides is 1. The Labute approximate surface area is 225 Å². The maximum absolute atomic E-state index is 14.2. The lowest BCUT2D eigenvalue weighted by Crippen LogP contribution is -2.74. The van der Waals surface area contributed by atoms with Crippen molar-refractivity contribution < 1.29 is 33.5 Å². The van der Waals surface area contributed by atoms with E-state index in [4.69, 9.17) is 10.2 Å². The molecule has 1 aromatic heterocycles. The van der Waals surface area contributed by atoms with Gasteiger partial charge in [-0.15, -0.1) is 0 Å². The summed E-state index contributed by atoms with van der Waals surface area (Å²) in [5, 5.41) is 11.8. The third-order valence-corrected chi connectivity index (χ3v) is 8.40. The van der Waals surface area contributed by atoms with Crippen LogP contribution in [0.1, 0.15) is 28.2 Å². The first-order chi connectivity index (χ1) is 18.2. The second kappa shape index (κ2) is 9.04. The molecule has 6 atom stereocenters. The summed E-state index contributed by atoms with van der Waals surface area (Å²) in [5.41, 5.74) is 5.04. The van der Waals surface area contributed by atoms with E-state index in [1.165, 1.54) is 4.90 Å². The van der Waals surface area contributed by atoms with Crippen molar-refractivity contribution >= 4 is 45.8 Å². The van der Waals surface area contributed by atoms with Gasteiger partial charge in [-0.05, 0) is 58.6 Å². The number of likely N-dealkylation sites (N-methyl/N-ethyl adjacent to an activating group) is 1. The number of Topliss-reactive ketones (excluding diaryl/α,β-unsaturated/α-hetero) is 4. The summed E-state index contributed by atoms with van der Waals surface area (Å²) in [7, 11) is 10.5. The lowest BCUT2D eigenvalue weighted by atomic mass is 9.52. The molecule has 0 aliphatic heterocycles. The molecule has 3 aliphatic rings. The van der Waals surface area contributed by atoms with Gasteiger partial charge in [0.1, 0.15) is 5.52 Å². The molecule has 3 N–H and O–H groups in total. The zero-order valence-corrected chi connectivity index (χ0v) is 22.8. The summed E-state index contributed by atoms with van der Waals surface area (Å²) in [6.07, 6.45) is 0.343. The fourth-order valence-corrected chi connectivity index (χ4v) is 6.82. The predicted octanol–water partition coefficient (Wildman–Crippen LogP) is -0.570. The van der Waals surface area contributed by atoms with Crippen LogP contribution < -0.4 is 10.6 Å². The largest absolute Gasteiger partial charge is 0.438 e. The van der Waals surface area contributed by atoms with Gasteiger partial charge in [-0.2, -0.15) is 0 Å². The van der Waals surface area contributed by atoms with E-state index >= 15 is 0 Å². The van der Waals surface area contributed by atoms with E-state index in [1.54, 1.807) is 14.1 Å². The van der Waals surface area contributed by atoms with Crippen molar-refractivity contribution in [3.63, 3.8) is 0 Å². The number of hydrogen-bond acceptors (Lipinski definition) is 11. The summed E-state index contributed by atoms with van der Waals surface area (Å²) in [6.45, 7) is 0.393. The zero-order valence-electron chi connectivity index (χ0n) is 22.8. The Bertz CT molecular complexity index is 1440. The van der Waals surface area contributed by atoms with Crippen LogP contribution in [0.5, 0.6) is 0 Å². The number of anilines is 1. The quantitative estimate of drug-likeness (QED) is 0.467. The van der Waals surface area contributed by atoms with Gasteiger partial charge < -0.3 is 25.1 Å². The monoisotopic (exact) mass is 539 g/mol. The smallest absolute Gasteiger partial charge is 0.235 e. The van der Waals surface area contributed by atoms with E-state index in [-0.39, 0.29) is 17.6 Å². The molecular weight excluding hydrogens is 506 g/mol. The third kappa shape index (κ3) is 3.76. The molecule has 12 heteroatoms. The van der Waals surface area contributed by atoms with Crippen molar-refractivity contribution in [2.75, 3.05) is 47.2 Å². The van der Waals surface area contributed by atoms with Crippen LogP contribution in [0.3, 0.4) is 0 Å². The number of fused-ring (bicyclic) bond motifs is 5. The fraction of sp³-hybridized carbons (Fsp3) is 0.556. The molecule has 1 aromatic carbocycles. The van der Waals surface area contributed by atoms with Gasteiger partial charge in [-0.25, -0.2) is 4.98 Å². The number of nitrogens with two attached hydrogens (primary N) is 1. The summed E-state index contributed by atoms with van der Waals surface area (Å²) in [4.78, 5) is 76.8. The van der Waals surface area contributed by atoms with Crippen LogP contribution in [-0.4, -0.2) is 103 Å². The molecule has 2 unspecified atom stereocenters. The molecule has 0 bridgehead atoms. The predicted molar refractivity (Wildman–Crippen MR) is 139 cm³/mol. The van der Waals surface area contributed by atoms with Crippen molar-refractivity contribution in [3.05, 3.63) is 23.1 Å². The Hall–Kier alpha value is -3.48. The molecule has 1 amide bonds. The number of aromatic nitrogens is 1. The summed E-state index contributed by atoms with van der Waals surface area (Å²) in [5.74, 6) is -9.41. The number of nitrogens with zero attached hydrogens (tertiary/aromatic N) is 4. The Morgan fingerprint density at radius 1 is 1.13 bits per heavy atom. The first-order valence-electron chi connectivity index (χ1n) is 12.8. The second-order valence-electron chi connectivity index (χ2n) is 11.6. The van der Waals surface area contributed by atoms with Crippen molar-refractivity contribution in [2.24, 2.45) is 29.4 Å². The highest BCUT2D eigenvalue weighted by atomic mass is 16.4. The van der Waals surface area contributed by atoms with E-state index < -0.39 is 64.4 Å². The van der Waals surface area contributed by atoms with Gasteiger partial charge in [0.15, 0.2) is 40.2 Å². The van der Waals surface area contributed by atoms with Crippen molar-refractivity contribution in [1.29, 1.82) is 0 Å². The summed E-state index contributed by atoms with van der Waals surface area (Å²) >= 11 is 0. The Balaban J connectivity index is 1.69. The van der Waals surface area contributed by atoms with Crippen LogP contribution in [0.4, 0.5) is 5.69 Å². The number of ketones is 4. The van der Waals surface area contributed by atoms with Crippen LogP contribution in [-0.2, 0) is 32.1 Å². The topological polar surface area (TPSA) is 167 Å². The maximum Gasteiger partial charge on any atom is 0.235 e. The number of oxazole rings is 1. The van der Waals surface area contributed by atoms with Crippen LogP contribution in [0.2, 0.25) is 0 Å². The van der Waals surface area contributed by atoms with Crippen molar-refractivity contribution in [2.45, 2.75) is 31.0 Å². The van der Waals surface area contributed by atoms with E-state index in [9.17, 15) is 29.1 Å². The average Bonchev–Trinajstić information content (AvgIpc) is 3.21. The molecule has 2 fully saturated rings. The van der Waals surface area contributed by atoms with Crippen LogP contribution >= 0.6 is 0 Å². The van der Waals surface area contributed by atoms with Crippen molar-refractivity contribution in [3.8, 4) is 0 Å². The summed E-state index contributed by atoms with van der Waals surface area (Å²) in [6, 6.07) is 0.740. The zero-order chi connectivity index (χ0) is 28.7.